The van der Waals surface area contributed by atoms with Crippen molar-refractivity contribution in [3.63, 3.8) is 0 Å². The van der Waals surface area contributed by atoms with Crippen LogP contribution in [0.5, 0.6) is 0 Å². The Morgan fingerprint density at radius 3 is 2.37 bits per heavy atom. The second kappa shape index (κ2) is 4.84. The molecule has 5 nitrogen and oxygen atoms in total. The van der Waals surface area contributed by atoms with Crippen molar-refractivity contribution in [3.8, 4) is 5.69 Å². The summed E-state index contributed by atoms with van der Waals surface area (Å²) in [7, 11) is 1.34. The molecule has 0 fully saturated rings. The number of carbonyl (C=O) groups excluding carboxylic acids is 1. The number of hydrogen-bond acceptors (Lipinski definition) is 4. The quantitative estimate of drug-likeness (QED) is 0.777. The van der Waals surface area contributed by atoms with E-state index >= 15 is 0 Å². The first-order valence-electron chi connectivity index (χ1n) is 6.05. The molecule has 100 valence electrons. The van der Waals surface area contributed by atoms with E-state index in [1.165, 1.54) is 7.11 Å². The highest BCUT2D eigenvalue weighted by molar-refractivity contribution is 5.88. The van der Waals surface area contributed by atoms with Crippen molar-refractivity contribution in [1.29, 1.82) is 0 Å². The van der Waals surface area contributed by atoms with Crippen molar-refractivity contribution < 1.29 is 9.53 Å². The zero-order valence-electron chi connectivity index (χ0n) is 11.5. The summed E-state index contributed by atoms with van der Waals surface area (Å²) in [4.78, 5) is 11.8. The third-order valence-corrected chi connectivity index (χ3v) is 2.76. The summed E-state index contributed by atoms with van der Waals surface area (Å²) in [6.07, 6.45) is 0. The SMILES string of the molecule is COC(=O)c1nnn(-c2ccccc2)c1C(C)(C)C. The molecule has 0 unspecified atom stereocenters. The molecule has 0 N–H and O–H groups in total. The molecule has 2 rings (SSSR count). The first-order chi connectivity index (χ1) is 8.95. The Morgan fingerprint density at radius 1 is 1.21 bits per heavy atom. The summed E-state index contributed by atoms with van der Waals surface area (Å²) in [5.74, 6) is -0.466. The van der Waals surface area contributed by atoms with Crippen LogP contribution in [0.1, 0.15) is 37.0 Å². The molecule has 5 heteroatoms. The second-order valence-electron chi connectivity index (χ2n) is 5.28. The van der Waals surface area contributed by atoms with Gasteiger partial charge in [-0.1, -0.05) is 44.2 Å². The average molecular weight is 259 g/mol. The fourth-order valence-corrected chi connectivity index (χ4v) is 1.94. The molecule has 0 amide bonds. The lowest BCUT2D eigenvalue weighted by atomic mass is 9.90. The molecular formula is C14H17N3O2. The van der Waals surface area contributed by atoms with Crippen LogP contribution in [-0.2, 0) is 10.2 Å². The maximum absolute atomic E-state index is 11.8. The molecule has 19 heavy (non-hydrogen) atoms. The molecule has 0 saturated heterocycles. The van der Waals surface area contributed by atoms with E-state index in [1.807, 2.05) is 51.1 Å². The summed E-state index contributed by atoms with van der Waals surface area (Å²) >= 11 is 0. The van der Waals surface area contributed by atoms with Gasteiger partial charge in [0.15, 0.2) is 5.69 Å². The highest BCUT2D eigenvalue weighted by Gasteiger charge is 2.30. The first-order valence-corrected chi connectivity index (χ1v) is 6.05. The average Bonchev–Trinajstić information content (AvgIpc) is 2.83. The number of rotatable bonds is 2. The molecule has 0 spiro atoms. The van der Waals surface area contributed by atoms with Crippen LogP contribution in [0.2, 0.25) is 0 Å². The number of carbonyl (C=O) groups is 1. The number of methoxy groups -OCH3 is 1. The Labute approximate surface area is 112 Å². The van der Waals surface area contributed by atoms with E-state index < -0.39 is 5.97 Å². The van der Waals surface area contributed by atoms with Gasteiger partial charge in [-0.2, -0.15) is 0 Å². The van der Waals surface area contributed by atoms with Gasteiger partial charge >= 0.3 is 5.97 Å². The molecule has 0 aliphatic carbocycles. The van der Waals surface area contributed by atoms with Gasteiger partial charge in [0.1, 0.15) is 0 Å². The van der Waals surface area contributed by atoms with Crippen molar-refractivity contribution >= 4 is 5.97 Å². The lowest BCUT2D eigenvalue weighted by molar-refractivity contribution is 0.0591. The molecule has 0 radical (unpaired) electrons. The normalized spacial score (nSPS) is 11.4. The first kappa shape index (κ1) is 13.3. The minimum atomic E-state index is -0.466. The van der Waals surface area contributed by atoms with Gasteiger partial charge in [-0.05, 0) is 12.1 Å². The summed E-state index contributed by atoms with van der Waals surface area (Å²) in [5, 5.41) is 8.06. The molecule has 1 aromatic carbocycles. The molecule has 1 aromatic heterocycles. The Morgan fingerprint density at radius 2 is 1.84 bits per heavy atom. The van der Waals surface area contributed by atoms with Crippen molar-refractivity contribution in [1.82, 2.24) is 15.0 Å². The molecule has 0 aliphatic heterocycles. The Balaban J connectivity index is 2.64. The summed E-state index contributed by atoms with van der Waals surface area (Å²) in [5.41, 5.74) is 1.60. The summed E-state index contributed by atoms with van der Waals surface area (Å²) in [6.45, 7) is 6.03. The Kier molecular flexibility index (Phi) is 3.38. The Hall–Kier alpha value is -2.17. The van der Waals surface area contributed by atoms with Crippen LogP contribution in [0, 0.1) is 0 Å². The number of benzene rings is 1. The Bertz CT molecular complexity index is 582. The number of hydrogen-bond donors (Lipinski definition) is 0. The van der Waals surface area contributed by atoms with E-state index in [9.17, 15) is 4.79 Å². The summed E-state index contributed by atoms with van der Waals surface area (Å²) in [6, 6.07) is 9.61. The fraction of sp³-hybridized carbons (Fsp3) is 0.357. The van der Waals surface area contributed by atoms with E-state index in [2.05, 4.69) is 10.3 Å². The van der Waals surface area contributed by atoms with Crippen LogP contribution < -0.4 is 0 Å². The maximum Gasteiger partial charge on any atom is 0.360 e. The predicted octanol–water partition coefficient (Wildman–Crippen LogP) is 2.35. The predicted molar refractivity (Wildman–Crippen MR) is 71.4 cm³/mol. The van der Waals surface area contributed by atoms with Crippen LogP contribution in [-0.4, -0.2) is 28.1 Å². The topological polar surface area (TPSA) is 57.0 Å². The van der Waals surface area contributed by atoms with Crippen molar-refractivity contribution in [2.45, 2.75) is 26.2 Å². The molecule has 0 atom stereocenters. The number of nitrogens with zero attached hydrogens (tertiary/aromatic N) is 3. The maximum atomic E-state index is 11.8. The van der Waals surface area contributed by atoms with E-state index in [4.69, 9.17) is 4.74 Å². The number of para-hydroxylation sites is 1. The fourth-order valence-electron chi connectivity index (χ4n) is 1.94. The molecule has 1 heterocycles. The van der Waals surface area contributed by atoms with Crippen LogP contribution >= 0.6 is 0 Å². The lowest BCUT2D eigenvalue weighted by Gasteiger charge is -2.20. The second-order valence-corrected chi connectivity index (χ2v) is 5.28. The van der Waals surface area contributed by atoms with Gasteiger partial charge in [-0.25, -0.2) is 9.48 Å². The number of esters is 1. The van der Waals surface area contributed by atoms with Crippen molar-refractivity contribution in [3.05, 3.63) is 41.7 Å². The number of ether oxygens (including phenoxy) is 1. The molecule has 0 saturated carbocycles. The zero-order valence-corrected chi connectivity index (χ0v) is 11.5. The molecular weight excluding hydrogens is 242 g/mol. The smallest absolute Gasteiger partial charge is 0.360 e. The highest BCUT2D eigenvalue weighted by Crippen LogP contribution is 2.27. The third-order valence-electron chi connectivity index (χ3n) is 2.76. The van der Waals surface area contributed by atoms with E-state index in [-0.39, 0.29) is 11.1 Å². The van der Waals surface area contributed by atoms with E-state index in [1.54, 1.807) is 4.68 Å². The van der Waals surface area contributed by atoms with Crippen LogP contribution in [0.3, 0.4) is 0 Å². The lowest BCUT2D eigenvalue weighted by Crippen LogP contribution is -2.21. The highest BCUT2D eigenvalue weighted by atomic mass is 16.5. The van der Waals surface area contributed by atoms with Gasteiger partial charge in [0.05, 0.1) is 18.5 Å². The van der Waals surface area contributed by atoms with Gasteiger partial charge in [0.25, 0.3) is 0 Å². The van der Waals surface area contributed by atoms with Gasteiger partial charge < -0.3 is 4.74 Å². The monoisotopic (exact) mass is 259 g/mol. The van der Waals surface area contributed by atoms with Gasteiger partial charge in [0.2, 0.25) is 0 Å². The minimum absolute atomic E-state index is 0.263. The van der Waals surface area contributed by atoms with Crippen LogP contribution in [0.25, 0.3) is 5.69 Å². The third kappa shape index (κ3) is 2.50. The van der Waals surface area contributed by atoms with Gasteiger partial charge in [-0.3, -0.25) is 0 Å². The van der Waals surface area contributed by atoms with Crippen molar-refractivity contribution in [2.24, 2.45) is 0 Å². The molecule has 2 aromatic rings. The zero-order chi connectivity index (χ0) is 14.0. The summed E-state index contributed by atoms with van der Waals surface area (Å²) < 4.78 is 6.45. The van der Waals surface area contributed by atoms with Crippen LogP contribution in [0.15, 0.2) is 30.3 Å². The standard InChI is InChI=1S/C14H17N3O2/c1-14(2,3)12-11(13(18)19-4)15-16-17(12)10-8-6-5-7-9-10/h5-9H,1-4H3. The number of aromatic nitrogens is 3. The largest absolute Gasteiger partial charge is 0.464 e. The van der Waals surface area contributed by atoms with E-state index in [0.29, 0.717) is 0 Å². The molecule has 0 bridgehead atoms. The van der Waals surface area contributed by atoms with Crippen LogP contribution in [0.4, 0.5) is 0 Å². The minimum Gasteiger partial charge on any atom is -0.464 e. The van der Waals surface area contributed by atoms with Gasteiger partial charge in [0, 0.05) is 5.41 Å². The van der Waals surface area contributed by atoms with E-state index in [0.717, 1.165) is 11.4 Å². The van der Waals surface area contributed by atoms with Crippen molar-refractivity contribution in [2.75, 3.05) is 7.11 Å². The van der Waals surface area contributed by atoms with Gasteiger partial charge in [-0.15, -0.1) is 5.10 Å². The molecule has 0 aliphatic rings.